The molecule has 20 heavy (non-hydrogen) atoms. The van der Waals surface area contributed by atoms with Crippen LogP contribution in [0.1, 0.15) is 5.56 Å². The Bertz CT molecular complexity index is 592. The summed E-state index contributed by atoms with van der Waals surface area (Å²) in [5.41, 5.74) is -1.58. The third kappa shape index (κ3) is 3.28. The third-order valence-corrected chi connectivity index (χ3v) is 2.48. The number of alkyl halides is 3. The smallest absolute Gasteiger partial charge is 0.437 e. The summed E-state index contributed by atoms with van der Waals surface area (Å²) in [6.07, 6.45) is -4.71. The number of rotatable bonds is 3. The van der Waals surface area contributed by atoms with Crippen molar-refractivity contribution in [2.75, 3.05) is 0 Å². The lowest BCUT2D eigenvalue weighted by Gasteiger charge is -2.10. The van der Waals surface area contributed by atoms with Crippen LogP contribution >= 0.6 is 0 Å². The van der Waals surface area contributed by atoms with E-state index in [1.165, 1.54) is 24.3 Å². The Morgan fingerprint density at radius 3 is 1.95 bits per heavy atom. The van der Waals surface area contributed by atoms with Crippen molar-refractivity contribution < 1.29 is 23.1 Å². The van der Waals surface area contributed by atoms with Gasteiger partial charge in [-0.2, -0.15) is 13.2 Å². The fourth-order valence-corrected chi connectivity index (χ4v) is 1.58. The maximum atomic E-state index is 12.5. The Balaban J connectivity index is 2.19. The normalized spacial score (nSPS) is 12.2. The van der Waals surface area contributed by atoms with Gasteiger partial charge in [0.1, 0.15) is 11.5 Å². The summed E-state index contributed by atoms with van der Waals surface area (Å²) in [5.74, 6) is 0.964. The second-order valence-corrected chi connectivity index (χ2v) is 3.89. The molecule has 2 aromatic carbocycles. The zero-order valence-corrected chi connectivity index (χ0v) is 10.1. The number of para-hydroxylation sites is 1. The number of oxime groups is 1. The van der Waals surface area contributed by atoms with Gasteiger partial charge in [-0.25, -0.2) is 0 Å². The van der Waals surface area contributed by atoms with Crippen LogP contribution in [0.15, 0.2) is 59.8 Å². The fourth-order valence-electron chi connectivity index (χ4n) is 1.58. The second-order valence-electron chi connectivity index (χ2n) is 3.89. The molecule has 0 saturated heterocycles. The first-order chi connectivity index (χ1) is 9.50. The van der Waals surface area contributed by atoms with Crippen molar-refractivity contribution in [1.29, 1.82) is 0 Å². The largest absolute Gasteiger partial charge is 0.457 e. The van der Waals surface area contributed by atoms with E-state index in [0.717, 1.165) is 0 Å². The predicted octanol–water partition coefficient (Wildman–Crippen LogP) is 4.22. The summed E-state index contributed by atoms with van der Waals surface area (Å²) < 4.78 is 43.0. The lowest BCUT2D eigenvalue weighted by atomic mass is 10.1. The van der Waals surface area contributed by atoms with E-state index < -0.39 is 11.9 Å². The molecule has 3 nitrogen and oxygen atoms in total. The topological polar surface area (TPSA) is 41.8 Å². The van der Waals surface area contributed by atoms with Gasteiger partial charge < -0.3 is 9.94 Å². The molecular formula is C14H10F3NO2. The summed E-state index contributed by atoms with van der Waals surface area (Å²) in [6, 6.07) is 14.0. The summed E-state index contributed by atoms with van der Waals surface area (Å²) in [5, 5.41) is 10.8. The zero-order valence-electron chi connectivity index (χ0n) is 10.1. The van der Waals surface area contributed by atoms with Crippen molar-refractivity contribution >= 4 is 5.71 Å². The molecule has 0 aliphatic rings. The van der Waals surface area contributed by atoms with Crippen molar-refractivity contribution in [3.63, 3.8) is 0 Å². The van der Waals surface area contributed by atoms with Gasteiger partial charge in [-0.1, -0.05) is 23.4 Å². The quantitative estimate of drug-likeness (QED) is 0.520. The van der Waals surface area contributed by atoms with Gasteiger partial charge in [0.05, 0.1) is 0 Å². The molecule has 0 aromatic heterocycles. The van der Waals surface area contributed by atoms with Gasteiger partial charge in [-0.15, -0.1) is 0 Å². The van der Waals surface area contributed by atoms with Gasteiger partial charge in [0.15, 0.2) is 5.71 Å². The minimum Gasteiger partial charge on any atom is -0.457 e. The molecule has 6 heteroatoms. The summed E-state index contributed by atoms with van der Waals surface area (Å²) in [6.45, 7) is 0. The number of ether oxygens (including phenoxy) is 1. The molecule has 0 spiro atoms. The van der Waals surface area contributed by atoms with E-state index in [-0.39, 0.29) is 5.56 Å². The average molecular weight is 281 g/mol. The molecule has 0 unspecified atom stereocenters. The van der Waals surface area contributed by atoms with Crippen molar-refractivity contribution in [3.05, 3.63) is 60.2 Å². The van der Waals surface area contributed by atoms with Crippen LogP contribution in [0.4, 0.5) is 13.2 Å². The van der Waals surface area contributed by atoms with Gasteiger partial charge in [-0.05, 0) is 36.4 Å². The van der Waals surface area contributed by atoms with Crippen LogP contribution in [-0.2, 0) is 0 Å². The maximum absolute atomic E-state index is 12.5. The molecule has 0 aliphatic carbocycles. The van der Waals surface area contributed by atoms with E-state index in [9.17, 15) is 13.2 Å². The predicted molar refractivity (Wildman–Crippen MR) is 67.3 cm³/mol. The van der Waals surface area contributed by atoms with Crippen LogP contribution in [0.3, 0.4) is 0 Å². The van der Waals surface area contributed by atoms with E-state index >= 15 is 0 Å². The Morgan fingerprint density at radius 2 is 1.45 bits per heavy atom. The lowest BCUT2D eigenvalue weighted by Crippen LogP contribution is -2.23. The first-order valence-electron chi connectivity index (χ1n) is 5.63. The molecule has 0 aliphatic heterocycles. The molecule has 1 N–H and O–H groups in total. The lowest BCUT2D eigenvalue weighted by molar-refractivity contribution is -0.0601. The van der Waals surface area contributed by atoms with Crippen LogP contribution in [-0.4, -0.2) is 17.1 Å². The second kappa shape index (κ2) is 5.64. The van der Waals surface area contributed by atoms with Crippen molar-refractivity contribution in [2.45, 2.75) is 6.18 Å². The molecule has 2 aromatic rings. The molecule has 0 amide bonds. The van der Waals surface area contributed by atoms with E-state index in [1.807, 2.05) is 6.07 Å². The summed E-state index contributed by atoms with van der Waals surface area (Å²) in [7, 11) is 0. The minimum atomic E-state index is -4.71. The molecule has 2 rings (SSSR count). The first-order valence-corrected chi connectivity index (χ1v) is 5.63. The standard InChI is InChI=1S/C14H10F3NO2/c15-14(16,17)13(18-19)10-6-8-12(9-7-10)20-11-4-2-1-3-5-11/h1-9,19H. The van der Waals surface area contributed by atoms with E-state index in [4.69, 9.17) is 9.94 Å². The number of benzene rings is 2. The highest BCUT2D eigenvalue weighted by molar-refractivity contribution is 6.04. The third-order valence-electron chi connectivity index (χ3n) is 2.48. The molecular weight excluding hydrogens is 271 g/mol. The molecule has 0 bridgehead atoms. The highest BCUT2D eigenvalue weighted by atomic mass is 19.4. The Hall–Kier alpha value is -2.50. The van der Waals surface area contributed by atoms with E-state index in [2.05, 4.69) is 5.16 Å². The van der Waals surface area contributed by atoms with Gasteiger partial charge in [-0.3, -0.25) is 0 Å². The van der Waals surface area contributed by atoms with Crippen LogP contribution in [0.25, 0.3) is 0 Å². The molecule has 0 atom stereocenters. The molecule has 0 radical (unpaired) electrons. The zero-order chi connectivity index (χ0) is 14.6. The maximum Gasteiger partial charge on any atom is 0.437 e. The Labute approximate surface area is 112 Å². The SMILES string of the molecule is ON=C(c1ccc(Oc2ccccc2)cc1)C(F)(F)F. The van der Waals surface area contributed by atoms with Gasteiger partial charge in [0.25, 0.3) is 0 Å². The van der Waals surface area contributed by atoms with Crippen LogP contribution in [0.5, 0.6) is 11.5 Å². The summed E-state index contributed by atoms with van der Waals surface area (Å²) >= 11 is 0. The monoisotopic (exact) mass is 281 g/mol. The van der Waals surface area contributed by atoms with Crippen LogP contribution in [0, 0.1) is 0 Å². The number of hydrogen-bond acceptors (Lipinski definition) is 3. The number of hydrogen-bond donors (Lipinski definition) is 1. The van der Waals surface area contributed by atoms with E-state index in [0.29, 0.717) is 11.5 Å². The Morgan fingerprint density at radius 1 is 0.900 bits per heavy atom. The van der Waals surface area contributed by atoms with Gasteiger partial charge in [0, 0.05) is 5.56 Å². The van der Waals surface area contributed by atoms with Crippen LogP contribution < -0.4 is 4.74 Å². The number of halogens is 3. The van der Waals surface area contributed by atoms with Crippen molar-refractivity contribution in [1.82, 2.24) is 0 Å². The van der Waals surface area contributed by atoms with Crippen molar-refractivity contribution in [2.24, 2.45) is 5.16 Å². The Kier molecular flexibility index (Phi) is 3.93. The van der Waals surface area contributed by atoms with Crippen LogP contribution in [0.2, 0.25) is 0 Å². The molecule has 0 saturated carbocycles. The average Bonchev–Trinajstić information content (AvgIpc) is 2.41. The van der Waals surface area contributed by atoms with Gasteiger partial charge >= 0.3 is 6.18 Å². The van der Waals surface area contributed by atoms with E-state index in [1.54, 1.807) is 24.3 Å². The van der Waals surface area contributed by atoms with Crippen molar-refractivity contribution in [3.8, 4) is 11.5 Å². The first kappa shape index (κ1) is 13.9. The minimum absolute atomic E-state index is 0.236. The highest BCUT2D eigenvalue weighted by Crippen LogP contribution is 2.25. The molecule has 104 valence electrons. The highest BCUT2D eigenvalue weighted by Gasteiger charge is 2.37. The number of nitrogens with zero attached hydrogens (tertiary/aromatic N) is 1. The van der Waals surface area contributed by atoms with Gasteiger partial charge in [0.2, 0.25) is 0 Å². The summed E-state index contributed by atoms with van der Waals surface area (Å²) in [4.78, 5) is 0. The molecule has 0 heterocycles. The molecule has 0 fully saturated rings. The fraction of sp³-hybridized carbons (Fsp3) is 0.0714.